The second kappa shape index (κ2) is 11.0. The molecule has 2 aromatic heterocycles. The lowest BCUT2D eigenvalue weighted by molar-refractivity contribution is -0.111. The Morgan fingerprint density at radius 2 is 2.00 bits per heavy atom. The van der Waals surface area contributed by atoms with E-state index in [4.69, 9.17) is 14.7 Å². The molecule has 4 rings (SSSR count). The topological polar surface area (TPSA) is 109 Å². The van der Waals surface area contributed by atoms with E-state index in [2.05, 4.69) is 20.6 Å². The van der Waals surface area contributed by atoms with Gasteiger partial charge in [-0.05, 0) is 56.0 Å². The van der Waals surface area contributed by atoms with E-state index < -0.39 is 0 Å². The molecular formula is C26H25N5O3. The number of nitrogens with one attached hydrogen (secondary N) is 2. The summed E-state index contributed by atoms with van der Waals surface area (Å²) in [6.45, 7) is 0. The number of methoxy groups -OCH3 is 1. The van der Waals surface area contributed by atoms with Gasteiger partial charge in [-0.3, -0.25) is 9.78 Å². The van der Waals surface area contributed by atoms with Crippen molar-refractivity contribution in [3.8, 4) is 17.6 Å². The number of carbonyl (C=O) groups excluding carboxylic acids is 1. The van der Waals surface area contributed by atoms with E-state index in [1.54, 1.807) is 43.8 Å². The highest BCUT2D eigenvalue weighted by Gasteiger charge is 2.20. The quantitative estimate of drug-likeness (QED) is 0.456. The Morgan fingerprint density at radius 3 is 2.74 bits per heavy atom. The van der Waals surface area contributed by atoms with Crippen LogP contribution in [0.5, 0.6) is 11.5 Å². The van der Waals surface area contributed by atoms with Crippen molar-refractivity contribution in [1.29, 1.82) is 5.26 Å². The van der Waals surface area contributed by atoms with Crippen LogP contribution in [-0.4, -0.2) is 29.1 Å². The molecule has 0 atom stereocenters. The van der Waals surface area contributed by atoms with E-state index in [1.807, 2.05) is 24.3 Å². The van der Waals surface area contributed by atoms with Crippen molar-refractivity contribution in [2.45, 2.75) is 31.8 Å². The maximum Gasteiger partial charge on any atom is 0.248 e. The summed E-state index contributed by atoms with van der Waals surface area (Å²) in [5.41, 5.74) is 2.36. The Morgan fingerprint density at radius 1 is 1.15 bits per heavy atom. The molecule has 2 heterocycles. The van der Waals surface area contributed by atoms with Gasteiger partial charge in [0.05, 0.1) is 36.3 Å². The first kappa shape index (κ1) is 22.8. The van der Waals surface area contributed by atoms with Gasteiger partial charge in [0.2, 0.25) is 5.91 Å². The molecule has 1 saturated carbocycles. The van der Waals surface area contributed by atoms with Crippen molar-refractivity contribution >= 4 is 29.2 Å². The normalized spacial score (nSPS) is 13.4. The van der Waals surface area contributed by atoms with Crippen LogP contribution in [0.3, 0.4) is 0 Å². The molecule has 34 heavy (non-hydrogen) atoms. The first-order valence-corrected chi connectivity index (χ1v) is 11.1. The molecule has 0 unspecified atom stereocenters. The number of hydrogen-bond donors (Lipinski definition) is 2. The molecule has 8 heteroatoms. The third kappa shape index (κ3) is 5.70. The average Bonchev–Trinajstić information content (AvgIpc) is 3.38. The number of carbonyl (C=O) groups is 1. The molecule has 1 fully saturated rings. The maximum absolute atomic E-state index is 12.7. The predicted octanol–water partition coefficient (Wildman–Crippen LogP) is 5.07. The number of hydrogen-bond acceptors (Lipinski definition) is 7. The molecule has 0 spiro atoms. The van der Waals surface area contributed by atoms with Crippen LogP contribution in [0.25, 0.3) is 6.08 Å². The summed E-state index contributed by atoms with van der Waals surface area (Å²) in [4.78, 5) is 21.0. The van der Waals surface area contributed by atoms with Gasteiger partial charge in [-0.25, -0.2) is 4.98 Å². The number of pyridine rings is 2. The number of amides is 1. The summed E-state index contributed by atoms with van der Waals surface area (Å²) in [6.07, 6.45) is 12.3. The van der Waals surface area contributed by atoms with Crippen molar-refractivity contribution in [3.63, 3.8) is 0 Å². The van der Waals surface area contributed by atoms with Crippen LogP contribution in [0, 0.1) is 11.3 Å². The minimum Gasteiger partial charge on any atom is -0.493 e. The number of benzene rings is 1. The largest absolute Gasteiger partial charge is 0.493 e. The second-order valence-corrected chi connectivity index (χ2v) is 7.82. The Balaban J connectivity index is 1.48. The molecule has 1 aliphatic carbocycles. The zero-order valence-electron chi connectivity index (χ0n) is 18.8. The van der Waals surface area contributed by atoms with Crippen molar-refractivity contribution in [2.24, 2.45) is 0 Å². The number of rotatable bonds is 8. The molecule has 2 N–H and O–H groups in total. The molecule has 0 radical (unpaired) electrons. The Bertz CT molecular complexity index is 1210. The van der Waals surface area contributed by atoms with Crippen molar-refractivity contribution < 1.29 is 14.3 Å². The van der Waals surface area contributed by atoms with E-state index in [9.17, 15) is 4.79 Å². The summed E-state index contributed by atoms with van der Waals surface area (Å²) < 4.78 is 11.7. The maximum atomic E-state index is 12.7. The minimum absolute atomic E-state index is 0.164. The van der Waals surface area contributed by atoms with Crippen molar-refractivity contribution in [3.05, 3.63) is 72.2 Å². The summed E-state index contributed by atoms with van der Waals surface area (Å²) in [6, 6.07) is 12.7. The molecule has 0 saturated heterocycles. The van der Waals surface area contributed by atoms with E-state index in [1.165, 1.54) is 12.3 Å². The Kier molecular flexibility index (Phi) is 7.35. The zero-order valence-corrected chi connectivity index (χ0v) is 18.8. The van der Waals surface area contributed by atoms with Gasteiger partial charge in [-0.1, -0.05) is 12.1 Å². The van der Waals surface area contributed by atoms with Gasteiger partial charge in [0.1, 0.15) is 11.9 Å². The summed E-state index contributed by atoms with van der Waals surface area (Å²) in [7, 11) is 1.61. The third-order valence-electron chi connectivity index (χ3n) is 5.46. The molecule has 3 aromatic rings. The smallest absolute Gasteiger partial charge is 0.248 e. The minimum atomic E-state index is -0.321. The number of nitriles is 1. The van der Waals surface area contributed by atoms with Crippen LogP contribution in [-0.2, 0) is 4.79 Å². The van der Waals surface area contributed by atoms with Crippen LogP contribution in [0.1, 0.15) is 36.8 Å². The molecule has 0 bridgehead atoms. The predicted molar refractivity (Wildman–Crippen MR) is 130 cm³/mol. The second-order valence-electron chi connectivity index (χ2n) is 7.82. The monoisotopic (exact) mass is 455 g/mol. The van der Waals surface area contributed by atoms with Crippen LogP contribution in [0.4, 0.5) is 17.2 Å². The fourth-order valence-corrected chi connectivity index (χ4v) is 3.74. The number of aromatic nitrogens is 2. The molecule has 1 aliphatic rings. The van der Waals surface area contributed by atoms with Crippen LogP contribution in [0.2, 0.25) is 0 Å². The first-order chi connectivity index (χ1) is 16.7. The molecule has 8 nitrogen and oxygen atoms in total. The number of para-hydroxylation sites is 1. The highest BCUT2D eigenvalue weighted by atomic mass is 16.5. The van der Waals surface area contributed by atoms with Crippen LogP contribution in [0.15, 0.2) is 61.1 Å². The number of anilines is 3. The fraction of sp³-hybridized carbons (Fsp3) is 0.231. The highest BCUT2D eigenvalue weighted by molar-refractivity contribution is 6.04. The number of ether oxygens (including phenoxy) is 2. The standard InChI is InChI=1S/C26H25N5O3/c1-33-23-8-4-5-19(26(23)34-20-6-2-3-7-20)10-12-25(32)31-22-17-28-14-13-21(22)30-24-11-9-18(15-27)16-29-24/h4-5,8-14,16-17,20H,2-3,6-7H2,1H3,(H,31,32)(H,28,29,30). The number of nitrogens with zero attached hydrogens (tertiary/aromatic N) is 3. The van der Waals surface area contributed by atoms with Gasteiger partial charge in [-0.2, -0.15) is 5.26 Å². The first-order valence-electron chi connectivity index (χ1n) is 11.1. The lowest BCUT2D eigenvalue weighted by Crippen LogP contribution is -2.13. The van der Waals surface area contributed by atoms with Gasteiger partial charge < -0.3 is 20.1 Å². The zero-order chi connectivity index (χ0) is 23.8. The average molecular weight is 456 g/mol. The summed E-state index contributed by atoms with van der Waals surface area (Å²) >= 11 is 0. The lowest BCUT2D eigenvalue weighted by Gasteiger charge is -2.18. The SMILES string of the molecule is COc1cccc(C=CC(=O)Nc2cnccc2Nc2ccc(C#N)cn2)c1OC1CCCC1. The summed E-state index contributed by atoms with van der Waals surface area (Å²) in [5.74, 6) is 1.51. The van der Waals surface area contributed by atoms with Gasteiger partial charge in [-0.15, -0.1) is 0 Å². The lowest BCUT2D eigenvalue weighted by atomic mass is 10.1. The molecular weight excluding hydrogens is 430 g/mol. The fourth-order valence-electron chi connectivity index (χ4n) is 3.74. The van der Waals surface area contributed by atoms with E-state index in [0.717, 1.165) is 31.2 Å². The molecule has 1 aromatic carbocycles. The van der Waals surface area contributed by atoms with Crippen molar-refractivity contribution in [2.75, 3.05) is 17.7 Å². The highest BCUT2D eigenvalue weighted by Crippen LogP contribution is 2.35. The summed E-state index contributed by atoms with van der Waals surface area (Å²) in [5, 5.41) is 14.9. The molecule has 1 amide bonds. The van der Waals surface area contributed by atoms with Gasteiger partial charge in [0, 0.05) is 24.0 Å². The van der Waals surface area contributed by atoms with E-state index >= 15 is 0 Å². The molecule has 0 aliphatic heterocycles. The van der Waals surface area contributed by atoms with Gasteiger partial charge >= 0.3 is 0 Å². The van der Waals surface area contributed by atoms with Crippen LogP contribution < -0.4 is 20.1 Å². The molecule has 172 valence electrons. The van der Waals surface area contributed by atoms with Crippen LogP contribution >= 0.6 is 0 Å². The van der Waals surface area contributed by atoms with E-state index in [0.29, 0.717) is 34.3 Å². The Hall–Kier alpha value is -4.38. The van der Waals surface area contributed by atoms with Gasteiger partial charge in [0.25, 0.3) is 0 Å². The van der Waals surface area contributed by atoms with Crippen molar-refractivity contribution in [1.82, 2.24) is 9.97 Å². The third-order valence-corrected chi connectivity index (χ3v) is 5.46. The van der Waals surface area contributed by atoms with Gasteiger partial charge in [0.15, 0.2) is 11.5 Å². The van der Waals surface area contributed by atoms with E-state index in [-0.39, 0.29) is 12.0 Å². The Labute approximate surface area is 198 Å².